The molecule has 0 aliphatic heterocycles. The summed E-state index contributed by atoms with van der Waals surface area (Å²) < 4.78 is 5.94. The maximum Gasteiger partial charge on any atom is 0.335 e. The first-order valence-electron chi connectivity index (χ1n) is 8.15. The van der Waals surface area contributed by atoms with Gasteiger partial charge in [0, 0.05) is 12.1 Å². The predicted molar refractivity (Wildman–Crippen MR) is 103 cm³/mol. The van der Waals surface area contributed by atoms with E-state index in [2.05, 4.69) is 5.32 Å². The number of carboxylic acids is 1. The Labute approximate surface area is 157 Å². The first-order valence-corrected chi connectivity index (χ1v) is 8.52. The molecule has 0 aromatic heterocycles. The first-order chi connectivity index (χ1) is 12.6. The standard InChI is InChI=1S/C21H18ClNO3/c22-18-11-10-16(21(24)25)12-19(18)23-13-17-8-4-5-9-20(17)26-14-15-6-2-1-3-7-15/h1-12,23H,13-14H2,(H,24,25). The van der Waals surface area contributed by atoms with Gasteiger partial charge in [-0.05, 0) is 29.8 Å². The fraction of sp³-hybridized carbons (Fsp3) is 0.0952. The van der Waals surface area contributed by atoms with E-state index in [4.69, 9.17) is 21.4 Å². The lowest BCUT2D eigenvalue weighted by molar-refractivity contribution is 0.0697. The van der Waals surface area contributed by atoms with Crippen LogP contribution in [0.1, 0.15) is 21.5 Å². The van der Waals surface area contributed by atoms with Crippen LogP contribution < -0.4 is 10.1 Å². The van der Waals surface area contributed by atoms with E-state index in [9.17, 15) is 4.79 Å². The molecule has 132 valence electrons. The second-order valence-corrected chi connectivity index (χ2v) is 6.14. The number of para-hydroxylation sites is 1. The molecular formula is C21H18ClNO3. The molecule has 3 aromatic carbocycles. The fourth-order valence-electron chi connectivity index (χ4n) is 2.51. The van der Waals surface area contributed by atoms with Gasteiger partial charge in [-0.25, -0.2) is 4.79 Å². The van der Waals surface area contributed by atoms with Crippen LogP contribution in [0.25, 0.3) is 0 Å². The second-order valence-electron chi connectivity index (χ2n) is 5.74. The van der Waals surface area contributed by atoms with E-state index in [1.807, 2.05) is 54.6 Å². The molecule has 0 radical (unpaired) electrons. The van der Waals surface area contributed by atoms with Gasteiger partial charge in [0.2, 0.25) is 0 Å². The smallest absolute Gasteiger partial charge is 0.335 e. The van der Waals surface area contributed by atoms with Crippen molar-refractivity contribution in [2.75, 3.05) is 5.32 Å². The van der Waals surface area contributed by atoms with Gasteiger partial charge < -0.3 is 15.2 Å². The average Bonchev–Trinajstić information content (AvgIpc) is 2.67. The molecule has 0 heterocycles. The number of carboxylic acid groups (broad SMARTS) is 1. The van der Waals surface area contributed by atoms with E-state index >= 15 is 0 Å². The number of aromatic carboxylic acids is 1. The summed E-state index contributed by atoms with van der Waals surface area (Å²) >= 11 is 6.16. The maximum absolute atomic E-state index is 11.1. The monoisotopic (exact) mass is 367 g/mol. The van der Waals surface area contributed by atoms with Gasteiger partial charge in [-0.1, -0.05) is 60.1 Å². The number of ether oxygens (including phenoxy) is 1. The Morgan fingerprint density at radius 1 is 1.00 bits per heavy atom. The van der Waals surface area contributed by atoms with Gasteiger partial charge in [-0.2, -0.15) is 0 Å². The predicted octanol–water partition coefficient (Wildman–Crippen LogP) is 5.23. The minimum atomic E-state index is -0.990. The van der Waals surface area contributed by atoms with Crippen LogP contribution in [0.4, 0.5) is 5.69 Å². The summed E-state index contributed by atoms with van der Waals surface area (Å²) in [6.07, 6.45) is 0. The molecule has 3 aromatic rings. The molecule has 4 nitrogen and oxygen atoms in total. The van der Waals surface area contributed by atoms with E-state index in [0.29, 0.717) is 23.9 Å². The Hall–Kier alpha value is -2.98. The fourth-order valence-corrected chi connectivity index (χ4v) is 2.69. The maximum atomic E-state index is 11.1. The van der Waals surface area contributed by atoms with Crippen LogP contribution in [0, 0.1) is 0 Å². The normalized spacial score (nSPS) is 10.3. The molecule has 0 bridgehead atoms. The lowest BCUT2D eigenvalue weighted by atomic mass is 10.1. The Morgan fingerprint density at radius 3 is 2.50 bits per heavy atom. The van der Waals surface area contributed by atoms with Crippen LogP contribution in [0.5, 0.6) is 5.75 Å². The minimum absolute atomic E-state index is 0.186. The number of anilines is 1. The average molecular weight is 368 g/mol. The molecule has 0 saturated carbocycles. The van der Waals surface area contributed by atoms with Gasteiger partial charge in [0.1, 0.15) is 12.4 Å². The highest BCUT2D eigenvalue weighted by Crippen LogP contribution is 2.26. The summed E-state index contributed by atoms with van der Waals surface area (Å²) in [6.45, 7) is 0.945. The van der Waals surface area contributed by atoms with Crippen LogP contribution >= 0.6 is 11.6 Å². The van der Waals surface area contributed by atoms with Crippen LogP contribution in [0.3, 0.4) is 0 Å². The van der Waals surface area contributed by atoms with Crippen molar-refractivity contribution < 1.29 is 14.6 Å². The number of halogens is 1. The summed E-state index contributed by atoms with van der Waals surface area (Å²) in [5.41, 5.74) is 2.81. The van der Waals surface area contributed by atoms with Crippen LogP contribution in [0.2, 0.25) is 5.02 Å². The zero-order valence-corrected chi connectivity index (χ0v) is 14.7. The topological polar surface area (TPSA) is 58.6 Å². The van der Waals surface area contributed by atoms with Gasteiger partial charge in [0.05, 0.1) is 16.3 Å². The summed E-state index contributed by atoms with van der Waals surface area (Å²) in [5, 5.41) is 12.8. The number of hydrogen-bond donors (Lipinski definition) is 2. The van der Waals surface area contributed by atoms with Gasteiger partial charge >= 0.3 is 5.97 Å². The number of hydrogen-bond acceptors (Lipinski definition) is 3. The Bertz CT molecular complexity index is 897. The Morgan fingerprint density at radius 2 is 1.73 bits per heavy atom. The molecule has 26 heavy (non-hydrogen) atoms. The van der Waals surface area contributed by atoms with Gasteiger partial charge in [-0.15, -0.1) is 0 Å². The summed E-state index contributed by atoms with van der Waals surface area (Å²) in [6, 6.07) is 22.2. The van der Waals surface area contributed by atoms with E-state index in [-0.39, 0.29) is 5.56 Å². The lowest BCUT2D eigenvalue weighted by Crippen LogP contribution is -2.05. The second kappa shape index (κ2) is 8.41. The highest BCUT2D eigenvalue weighted by Gasteiger charge is 2.09. The van der Waals surface area contributed by atoms with Gasteiger partial charge in [-0.3, -0.25) is 0 Å². The minimum Gasteiger partial charge on any atom is -0.489 e. The highest BCUT2D eigenvalue weighted by atomic mass is 35.5. The molecular weight excluding hydrogens is 350 g/mol. The number of nitrogens with one attached hydrogen (secondary N) is 1. The first kappa shape index (κ1) is 17.8. The third-order valence-electron chi connectivity index (χ3n) is 3.89. The molecule has 2 N–H and O–H groups in total. The van der Waals surface area contributed by atoms with Crippen molar-refractivity contribution in [3.8, 4) is 5.75 Å². The molecule has 0 saturated heterocycles. The zero-order valence-electron chi connectivity index (χ0n) is 14.0. The molecule has 0 fully saturated rings. The Kier molecular flexibility index (Phi) is 5.77. The molecule has 0 unspecified atom stereocenters. The van der Waals surface area contributed by atoms with Crippen LogP contribution in [0.15, 0.2) is 72.8 Å². The van der Waals surface area contributed by atoms with E-state index in [1.165, 1.54) is 12.1 Å². The van der Waals surface area contributed by atoms with Crippen molar-refractivity contribution in [3.05, 3.63) is 94.5 Å². The van der Waals surface area contributed by atoms with Crippen molar-refractivity contribution in [1.82, 2.24) is 0 Å². The molecule has 0 atom stereocenters. The summed E-state index contributed by atoms with van der Waals surface area (Å²) in [7, 11) is 0. The van der Waals surface area contributed by atoms with E-state index in [1.54, 1.807) is 6.07 Å². The van der Waals surface area contributed by atoms with Crippen LogP contribution in [-0.4, -0.2) is 11.1 Å². The van der Waals surface area contributed by atoms with Crippen molar-refractivity contribution in [2.24, 2.45) is 0 Å². The Balaban J connectivity index is 1.71. The quantitative estimate of drug-likeness (QED) is 0.600. The summed E-state index contributed by atoms with van der Waals surface area (Å²) in [4.78, 5) is 11.1. The van der Waals surface area contributed by atoms with E-state index in [0.717, 1.165) is 16.9 Å². The highest BCUT2D eigenvalue weighted by molar-refractivity contribution is 6.33. The van der Waals surface area contributed by atoms with Crippen molar-refractivity contribution in [2.45, 2.75) is 13.2 Å². The van der Waals surface area contributed by atoms with Crippen molar-refractivity contribution in [3.63, 3.8) is 0 Å². The zero-order chi connectivity index (χ0) is 18.4. The van der Waals surface area contributed by atoms with Gasteiger partial charge in [0.15, 0.2) is 0 Å². The van der Waals surface area contributed by atoms with Crippen molar-refractivity contribution >= 4 is 23.3 Å². The molecule has 0 amide bonds. The third kappa shape index (κ3) is 4.55. The van der Waals surface area contributed by atoms with Gasteiger partial charge in [0.25, 0.3) is 0 Å². The molecule has 3 rings (SSSR count). The SMILES string of the molecule is O=C(O)c1ccc(Cl)c(NCc2ccccc2OCc2ccccc2)c1. The van der Waals surface area contributed by atoms with Crippen LogP contribution in [-0.2, 0) is 13.2 Å². The van der Waals surface area contributed by atoms with E-state index < -0.39 is 5.97 Å². The molecule has 0 spiro atoms. The molecule has 5 heteroatoms. The van der Waals surface area contributed by atoms with Crippen molar-refractivity contribution in [1.29, 1.82) is 0 Å². The molecule has 0 aliphatic rings. The number of benzene rings is 3. The largest absolute Gasteiger partial charge is 0.489 e. The molecule has 0 aliphatic carbocycles. The number of rotatable bonds is 7. The summed E-state index contributed by atoms with van der Waals surface area (Å²) in [5.74, 6) is -0.217. The third-order valence-corrected chi connectivity index (χ3v) is 4.22. The number of carbonyl (C=O) groups is 1. The lowest BCUT2D eigenvalue weighted by Gasteiger charge is -2.14.